The second-order valence-electron chi connectivity index (χ2n) is 6.88. The lowest BCUT2D eigenvalue weighted by atomic mass is 9.71. The lowest BCUT2D eigenvalue weighted by Gasteiger charge is -2.41. The Hall–Kier alpha value is -1.60. The fourth-order valence-electron chi connectivity index (χ4n) is 5.21. The first-order valence-electron chi connectivity index (χ1n) is 8.42. The molecule has 2 bridgehead atoms. The third-order valence-corrected chi connectivity index (χ3v) is 6.00. The van der Waals surface area contributed by atoms with Gasteiger partial charge in [0.25, 0.3) is 0 Å². The third-order valence-electron chi connectivity index (χ3n) is 6.00. The maximum Gasteiger partial charge on any atom is 0.118 e. The monoisotopic (exact) mass is 292 g/mol. The molecule has 1 fully saturated rings. The summed E-state index contributed by atoms with van der Waals surface area (Å²) in [5.41, 5.74) is 2.55. The molecule has 22 heavy (non-hydrogen) atoms. The van der Waals surface area contributed by atoms with Crippen molar-refractivity contribution >= 4 is 0 Å². The molecular formula is C21H24O. The zero-order valence-electron chi connectivity index (χ0n) is 13.2. The van der Waals surface area contributed by atoms with Gasteiger partial charge in [-0.1, -0.05) is 54.6 Å². The van der Waals surface area contributed by atoms with Gasteiger partial charge in [0, 0.05) is 13.0 Å². The van der Waals surface area contributed by atoms with Crippen LogP contribution in [0.15, 0.2) is 66.8 Å². The van der Waals surface area contributed by atoms with Gasteiger partial charge < -0.3 is 4.74 Å². The second kappa shape index (κ2) is 5.24. The van der Waals surface area contributed by atoms with Crippen LogP contribution < -0.4 is 0 Å². The van der Waals surface area contributed by atoms with E-state index in [-0.39, 0.29) is 5.60 Å². The van der Waals surface area contributed by atoms with E-state index >= 15 is 0 Å². The SMILES string of the molecule is C=CCCC1=CC2C([C@H]3C=C[C@@H]2C3)[C@@]1(OC)c1ccccc1. The fraction of sp³-hybridized carbons (Fsp3) is 0.429. The highest BCUT2D eigenvalue weighted by atomic mass is 16.5. The van der Waals surface area contributed by atoms with Crippen LogP contribution in [-0.2, 0) is 10.3 Å². The van der Waals surface area contributed by atoms with Crippen molar-refractivity contribution < 1.29 is 4.74 Å². The summed E-state index contributed by atoms with van der Waals surface area (Å²) in [7, 11) is 1.90. The molecule has 0 aliphatic heterocycles. The predicted molar refractivity (Wildman–Crippen MR) is 90.4 cm³/mol. The fourth-order valence-corrected chi connectivity index (χ4v) is 5.21. The summed E-state index contributed by atoms with van der Waals surface area (Å²) in [6.07, 6.45) is 12.8. The Morgan fingerprint density at radius 2 is 2.00 bits per heavy atom. The number of rotatable bonds is 5. The molecule has 4 rings (SSSR count). The van der Waals surface area contributed by atoms with Gasteiger partial charge in [0.1, 0.15) is 5.60 Å². The van der Waals surface area contributed by atoms with E-state index in [9.17, 15) is 0 Å². The molecule has 0 amide bonds. The second-order valence-corrected chi connectivity index (χ2v) is 6.88. The van der Waals surface area contributed by atoms with Gasteiger partial charge in [-0.15, -0.1) is 6.58 Å². The zero-order valence-corrected chi connectivity index (χ0v) is 13.2. The minimum Gasteiger partial charge on any atom is -0.369 e. The molecule has 5 atom stereocenters. The molecule has 1 aromatic carbocycles. The van der Waals surface area contributed by atoms with E-state index in [0.717, 1.165) is 18.8 Å². The first-order chi connectivity index (χ1) is 10.8. The van der Waals surface area contributed by atoms with Crippen molar-refractivity contribution in [1.29, 1.82) is 0 Å². The highest BCUT2D eigenvalue weighted by molar-refractivity contribution is 5.43. The molecule has 0 saturated heterocycles. The van der Waals surface area contributed by atoms with Gasteiger partial charge in [0.05, 0.1) is 0 Å². The largest absolute Gasteiger partial charge is 0.369 e. The number of benzene rings is 1. The molecule has 1 nitrogen and oxygen atoms in total. The molecule has 0 spiro atoms. The van der Waals surface area contributed by atoms with E-state index in [0.29, 0.717) is 17.8 Å². The van der Waals surface area contributed by atoms with Crippen molar-refractivity contribution in [2.45, 2.75) is 24.9 Å². The van der Waals surface area contributed by atoms with E-state index in [2.05, 4.69) is 55.1 Å². The average Bonchev–Trinajstić information content (AvgIpc) is 3.24. The Balaban J connectivity index is 1.83. The molecule has 1 heteroatoms. The number of hydrogen-bond acceptors (Lipinski definition) is 1. The van der Waals surface area contributed by atoms with Crippen LogP contribution in [0.5, 0.6) is 0 Å². The van der Waals surface area contributed by atoms with Crippen molar-refractivity contribution in [3.63, 3.8) is 0 Å². The molecule has 1 aromatic rings. The maximum absolute atomic E-state index is 6.32. The van der Waals surface area contributed by atoms with Crippen LogP contribution >= 0.6 is 0 Å². The Morgan fingerprint density at radius 3 is 2.73 bits per heavy atom. The average molecular weight is 292 g/mol. The normalized spacial score (nSPS) is 38.1. The van der Waals surface area contributed by atoms with E-state index in [1.165, 1.54) is 17.6 Å². The predicted octanol–water partition coefficient (Wildman–Crippen LogP) is 4.87. The number of allylic oxidation sites excluding steroid dienone is 4. The number of fused-ring (bicyclic) bond motifs is 5. The summed E-state index contributed by atoms with van der Waals surface area (Å²) in [4.78, 5) is 0. The Bertz CT molecular complexity index is 627. The third kappa shape index (κ3) is 1.75. The van der Waals surface area contributed by atoms with Crippen LogP contribution in [-0.4, -0.2) is 7.11 Å². The van der Waals surface area contributed by atoms with Crippen molar-refractivity contribution in [2.75, 3.05) is 7.11 Å². The molecule has 1 saturated carbocycles. The van der Waals surface area contributed by atoms with Crippen molar-refractivity contribution in [3.8, 4) is 0 Å². The van der Waals surface area contributed by atoms with Gasteiger partial charge in [-0.2, -0.15) is 0 Å². The lowest BCUT2D eigenvalue weighted by Crippen LogP contribution is -2.40. The van der Waals surface area contributed by atoms with Crippen molar-refractivity contribution in [1.82, 2.24) is 0 Å². The van der Waals surface area contributed by atoms with E-state index in [1.807, 2.05) is 13.2 Å². The van der Waals surface area contributed by atoms with Crippen LogP contribution in [0, 0.1) is 23.7 Å². The zero-order chi connectivity index (χ0) is 15.2. The van der Waals surface area contributed by atoms with Gasteiger partial charge in [-0.05, 0) is 48.2 Å². The van der Waals surface area contributed by atoms with Crippen molar-refractivity contribution in [2.24, 2.45) is 23.7 Å². The highest BCUT2D eigenvalue weighted by Gasteiger charge is 2.59. The Labute approximate surface area is 133 Å². The molecule has 3 aliphatic rings. The highest BCUT2D eigenvalue weighted by Crippen LogP contribution is 2.63. The van der Waals surface area contributed by atoms with Crippen LogP contribution in [0.2, 0.25) is 0 Å². The van der Waals surface area contributed by atoms with E-state index < -0.39 is 0 Å². The molecule has 3 aliphatic carbocycles. The van der Waals surface area contributed by atoms with Crippen LogP contribution in [0.1, 0.15) is 24.8 Å². The summed E-state index contributed by atoms with van der Waals surface area (Å²) >= 11 is 0. The smallest absolute Gasteiger partial charge is 0.118 e. The lowest BCUT2D eigenvalue weighted by molar-refractivity contribution is -0.0426. The van der Waals surface area contributed by atoms with Crippen LogP contribution in [0.25, 0.3) is 0 Å². The molecule has 0 heterocycles. The number of ether oxygens (including phenoxy) is 1. The summed E-state index contributed by atoms with van der Waals surface area (Å²) < 4.78 is 6.32. The first kappa shape index (κ1) is 14.0. The molecule has 0 radical (unpaired) electrons. The van der Waals surface area contributed by atoms with Gasteiger partial charge in [0.15, 0.2) is 0 Å². The van der Waals surface area contributed by atoms with Crippen LogP contribution in [0.4, 0.5) is 0 Å². The maximum atomic E-state index is 6.32. The molecule has 0 aromatic heterocycles. The minimum absolute atomic E-state index is 0.237. The topological polar surface area (TPSA) is 9.23 Å². The summed E-state index contributed by atoms with van der Waals surface area (Å²) in [5.74, 6) is 2.59. The number of hydrogen-bond donors (Lipinski definition) is 0. The minimum atomic E-state index is -0.237. The van der Waals surface area contributed by atoms with Gasteiger partial charge in [-0.3, -0.25) is 0 Å². The Morgan fingerprint density at radius 1 is 1.23 bits per heavy atom. The van der Waals surface area contributed by atoms with Gasteiger partial charge in [0.2, 0.25) is 0 Å². The Kier molecular flexibility index (Phi) is 3.34. The quantitative estimate of drug-likeness (QED) is 0.703. The van der Waals surface area contributed by atoms with E-state index in [1.54, 1.807) is 0 Å². The summed E-state index contributed by atoms with van der Waals surface area (Å²) in [6, 6.07) is 10.8. The molecule has 114 valence electrons. The van der Waals surface area contributed by atoms with Gasteiger partial charge >= 0.3 is 0 Å². The number of methoxy groups -OCH3 is 1. The standard InChI is InChI=1S/C21H24O/c1-3-4-8-18-14-19-15-11-12-16(13-15)20(19)21(18,22-2)17-9-6-5-7-10-17/h3,5-7,9-12,14-16,19-20H,1,4,8,13H2,2H3/t15-,16+,19?,20?,21-/m1/s1. The molecule has 2 unspecified atom stereocenters. The summed E-state index contributed by atoms with van der Waals surface area (Å²) in [6.45, 7) is 3.90. The van der Waals surface area contributed by atoms with Gasteiger partial charge in [-0.25, -0.2) is 0 Å². The molecule has 0 N–H and O–H groups in total. The first-order valence-corrected chi connectivity index (χ1v) is 8.42. The van der Waals surface area contributed by atoms with E-state index in [4.69, 9.17) is 4.74 Å². The summed E-state index contributed by atoms with van der Waals surface area (Å²) in [5, 5.41) is 0. The van der Waals surface area contributed by atoms with Crippen LogP contribution in [0.3, 0.4) is 0 Å². The van der Waals surface area contributed by atoms with Crippen molar-refractivity contribution in [3.05, 3.63) is 72.4 Å². The molecular weight excluding hydrogens is 268 g/mol.